The van der Waals surface area contributed by atoms with Crippen molar-refractivity contribution in [1.29, 1.82) is 0 Å². The number of aromatic nitrogens is 3. The molecule has 0 saturated heterocycles. The third-order valence-corrected chi connectivity index (χ3v) is 3.33. The van der Waals surface area contributed by atoms with Crippen LogP contribution in [0.25, 0.3) is 5.65 Å². The first-order valence-corrected chi connectivity index (χ1v) is 6.91. The molecule has 0 radical (unpaired) electrons. The number of nitrogens with zero attached hydrogens (tertiary/aromatic N) is 4. The van der Waals surface area contributed by atoms with Crippen molar-refractivity contribution < 1.29 is 9.53 Å². The fourth-order valence-corrected chi connectivity index (χ4v) is 2.09. The van der Waals surface area contributed by atoms with Gasteiger partial charge in [0.1, 0.15) is 0 Å². The molecule has 0 aliphatic heterocycles. The van der Waals surface area contributed by atoms with Gasteiger partial charge in [0.05, 0.1) is 13.7 Å². The zero-order chi connectivity index (χ0) is 15.2. The summed E-state index contributed by atoms with van der Waals surface area (Å²) in [6.07, 6.45) is 2.86. The number of hydrogen-bond acceptors (Lipinski definition) is 5. The zero-order valence-corrected chi connectivity index (χ0v) is 12.4. The Labute approximate surface area is 122 Å². The average Bonchev–Trinajstić information content (AvgIpc) is 2.82. The van der Waals surface area contributed by atoms with Crippen LogP contribution in [0, 0.1) is 0 Å². The van der Waals surface area contributed by atoms with E-state index in [0.717, 1.165) is 13.0 Å². The van der Waals surface area contributed by atoms with E-state index in [4.69, 9.17) is 0 Å². The van der Waals surface area contributed by atoms with E-state index in [2.05, 4.69) is 14.7 Å². The number of methoxy groups -OCH3 is 1. The Morgan fingerprint density at radius 2 is 2.19 bits per heavy atom. The number of hydrogen-bond donors (Lipinski definition) is 0. The SMILES string of the molecule is COC(=O)CCCN(C)CCn1nc2ccccn2c1=O. The summed E-state index contributed by atoms with van der Waals surface area (Å²) in [5.74, 6) is -0.194. The highest BCUT2D eigenvalue weighted by molar-refractivity contribution is 5.69. The van der Waals surface area contributed by atoms with Crippen molar-refractivity contribution in [3.63, 3.8) is 0 Å². The minimum atomic E-state index is -0.194. The fraction of sp³-hybridized carbons (Fsp3) is 0.500. The summed E-state index contributed by atoms with van der Waals surface area (Å²) in [5.41, 5.74) is 0.518. The molecule has 2 aromatic heterocycles. The van der Waals surface area contributed by atoms with Crippen molar-refractivity contribution in [2.45, 2.75) is 19.4 Å². The molecule has 0 aromatic carbocycles. The molecule has 0 unspecified atom stereocenters. The van der Waals surface area contributed by atoms with Gasteiger partial charge in [-0.15, -0.1) is 5.10 Å². The van der Waals surface area contributed by atoms with E-state index in [-0.39, 0.29) is 11.7 Å². The summed E-state index contributed by atoms with van der Waals surface area (Å²) in [4.78, 5) is 25.2. The first-order valence-electron chi connectivity index (χ1n) is 6.91. The molecule has 0 fully saturated rings. The molecule has 0 atom stereocenters. The molecule has 7 heteroatoms. The Bertz CT molecular complexity index is 662. The van der Waals surface area contributed by atoms with Gasteiger partial charge in [-0.2, -0.15) is 0 Å². The highest BCUT2D eigenvalue weighted by Crippen LogP contribution is 1.97. The first kappa shape index (κ1) is 15.2. The van der Waals surface area contributed by atoms with Crippen molar-refractivity contribution in [2.24, 2.45) is 0 Å². The third-order valence-electron chi connectivity index (χ3n) is 3.33. The Morgan fingerprint density at radius 3 is 2.90 bits per heavy atom. The topological polar surface area (TPSA) is 68.8 Å². The van der Waals surface area contributed by atoms with E-state index in [1.54, 1.807) is 18.3 Å². The smallest absolute Gasteiger partial charge is 0.350 e. The number of carbonyl (C=O) groups excluding carboxylic acids is 1. The summed E-state index contributed by atoms with van der Waals surface area (Å²) in [6.45, 7) is 2.00. The predicted octanol–water partition coefficient (Wildman–Crippen LogP) is 0.381. The highest BCUT2D eigenvalue weighted by Gasteiger charge is 2.07. The molecule has 0 aliphatic carbocycles. The van der Waals surface area contributed by atoms with Gasteiger partial charge in [0.15, 0.2) is 5.65 Å². The van der Waals surface area contributed by atoms with Gasteiger partial charge in [-0.25, -0.2) is 9.48 Å². The lowest BCUT2D eigenvalue weighted by Crippen LogP contribution is -2.29. The lowest BCUT2D eigenvalue weighted by molar-refractivity contribution is -0.140. The van der Waals surface area contributed by atoms with Crippen molar-refractivity contribution in [1.82, 2.24) is 19.1 Å². The van der Waals surface area contributed by atoms with Crippen LogP contribution in [0.15, 0.2) is 29.2 Å². The molecule has 0 saturated carbocycles. The van der Waals surface area contributed by atoms with Gasteiger partial charge >= 0.3 is 11.7 Å². The lowest BCUT2D eigenvalue weighted by atomic mass is 10.3. The molecule has 0 spiro atoms. The summed E-state index contributed by atoms with van der Waals surface area (Å²) >= 11 is 0. The number of fused-ring (bicyclic) bond motifs is 1. The van der Waals surface area contributed by atoms with Crippen molar-refractivity contribution in [2.75, 3.05) is 27.2 Å². The van der Waals surface area contributed by atoms with Crippen molar-refractivity contribution >= 4 is 11.6 Å². The zero-order valence-electron chi connectivity index (χ0n) is 12.4. The molecule has 0 amide bonds. The van der Waals surface area contributed by atoms with Gasteiger partial charge in [0, 0.05) is 19.2 Å². The molecule has 2 aromatic rings. The van der Waals surface area contributed by atoms with Crippen LogP contribution in [0.2, 0.25) is 0 Å². The van der Waals surface area contributed by atoms with Gasteiger partial charge < -0.3 is 9.64 Å². The van der Waals surface area contributed by atoms with E-state index in [1.165, 1.54) is 16.2 Å². The van der Waals surface area contributed by atoms with Gasteiger partial charge in [-0.3, -0.25) is 9.20 Å². The van der Waals surface area contributed by atoms with Crippen LogP contribution in [0.3, 0.4) is 0 Å². The van der Waals surface area contributed by atoms with E-state index in [9.17, 15) is 9.59 Å². The molecule has 0 aliphatic rings. The Balaban J connectivity index is 1.85. The molecule has 21 heavy (non-hydrogen) atoms. The van der Waals surface area contributed by atoms with Gasteiger partial charge in [0.2, 0.25) is 0 Å². The van der Waals surface area contributed by atoms with Gasteiger partial charge in [0.25, 0.3) is 0 Å². The Hall–Kier alpha value is -2.15. The van der Waals surface area contributed by atoms with E-state index < -0.39 is 0 Å². The van der Waals surface area contributed by atoms with E-state index >= 15 is 0 Å². The number of esters is 1. The molecule has 0 N–H and O–H groups in total. The number of pyridine rings is 1. The number of likely N-dealkylation sites (N-methyl/N-ethyl adjacent to an activating group) is 1. The monoisotopic (exact) mass is 292 g/mol. The molecule has 2 rings (SSSR count). The highest BCUT2D eigenvalue weighted by atomic mass is 16.5. The molecule has 7 nitrogen and oxygen atoms in total. The number of rotatable bonds is 7. The molecular formula is C14H20N4O3. The minimum Gasteiger partial charge on any atom is -0.469 e. The van der Waals surface area contributed by atoms with Crippen LogP contribution in [0.1, 0.15) is 12.8 Å². The second kappa shape index (κ2) is 7.03. The molecule has 114 valence electrons. The van der Waals surface area contributed by atoms with Crippen LogP contribution in [-0.2, 0) is 16.1 Å². The van der Waals surface area contributed by atoms with E-state index in [1.807, 2.05) is 13.1 Å². The summed E-state index contributed by atoms with van der Waals surface area (Å²) < 4.78 is 7.58. The van der Waals surface area contributed by atoms with Crippen LogP contribution < -0.4 is 5.69 Å². The third kappa shape index (κ3) is 3.91. The van der Waals surface area contributed by atoms with Crippen LogP contribution in [-0.4, -0.2) is 52.3 Å². The maximum absolute atomic E-state index is 12.1. The lowest BCUT2D eigenvalue weighted by Gasteiger charge is -2.15. The Kier molecular flexibility index (Phi) is 5.10. The van der Waals surface area contributed by atoms with Crippen LogP contribution >= 0.6 is 0 Å². The van der Waals surface area contributed by atoms with E-state index in [0.29, 0.717) is 25.2 Å². The minimum absolute atomic E-state index is 0.131. The summed E-state index contributed by atoms with van der Waals surface area (Å²) in [7, 11) is 3.35. The molecular weight excluding hydrogens is 272 g/mol. The van der Waals surface area contributed by atoms with Crippen LogP contribution in [0.5, 0.6) is 0 Å². The second-order valence-electron chi connectivity index (χ2n) is 4.92. The summed E-state index contributed by atoms with van der Waals surface area (Å²) in [5, 5.41) is 4.27. The molecule has 0 bridgehead atoms. The van der Waals surface area contributed by atoms with Crippen LogP contribution in [0.4, 0.5) is 0 Å². The maximum atomic E-state index is 12.1. The van der Waals surface area contributed by atoms with Crippen molar-refractivity contribution in [3.05, 3.63) is 34.9 Å². The molecule has 2 heterocycles. The number of carbonyl (C=O) groups is 1. The largest absolute Gasteiger partial charge is 0.469 e. The standard InChI is InChI=1S/C14H20N4O3/c1-16(8-5-7-13(19)21-2)10-11-18-14(20)17-9-4-3-6-12(17)15-18/h3-4,6,9H,5,7-8,10-11H2,1-2H3. The first-order chi connectivity index (χ1) is 10.1. The number of ether oxygens (including phenoxy) is 1. The normalized spacial score (nSPS) is 11.2. The summed E-state index contributed by atoms with van der Waals surface area (Å²) in [6, 6.07) is 5.46. The maximum Gasteiger partial charge on any atom is 0.350 e. The second-order valence-corrected chi connectivity index (χ2v) is 4.92. The van der Waals surface area contributed by atoms with Crippen molar-refractivity contribution in [3.8, 4) is 0 Å². The van der Waals surface area contributed by atoms with Gasteiger partial charge in [-0.1, -0.05) is 6.07 Å². The average molecular weight is 292 g/mol. The fourth-order valence-electron chi connectivity index (χ4n) is 2.09. The predicted molar refractivity (Wildman–Crippen MR) is 78.2 cm³/mol. The quantitative estimate of drug-likeness (QED) is 0.690. The van der Waals surface area contributed by atoms with Gasteiger partial charge in [-0.05, 0) is 32.1 Å². The Morgan fingerprint density at radius 1 is 1.38 bits per heavy atom.